The number of hydrogen-bond acceptors (Lipinski definition) is 6. The summed E-state index contributed by atoms with van der Waals surface area (Å²) >= 11 is 0. The number of aromatic nitrogens is 2. The summed E-state index contributed by atoms with van der Waals surface area (Å²) < 4.78 is 23.1. The van der Waals surface area contributed by atoms with Crippen LogP contribution in [0.5, 0.6) is 0 Å². The summed E-state index contributed by atoms with van der Waals surface area (Å²) in [6.07, 6.45) is 0.485. The standard InChI is InChI=1S/C10H16N4O4S/c1-3-13(8-4-5-19(17,18)6-8)9-10(14(15)16)12-7(2)11-9/h8H,3-6H2,1-2H3,(H,11,12). The van der Waals surface area contributed by atoms with E-state index in [1.54, 1.807) is 11.8 Å². The molecule has 0 aliphatic carbocycles. The quantitative estimate of drug-likeness (QED) is 0.643. The van der Waals surface area contributed by atoms with Crippen LogP contribution in [0.3, 0.4) is 0 Å². The van der Waals surface area contributed by atoms with Crippen LogP contribution in [0.4, 0.5) is 11.6 Å². The molecule has 0 bridgehead atoms. The number of aryl methyl sites for hydroxylation is 1. The lowest BCUT2D eigenvalue weighted by Gasteiger charge is -2.25. The van der Waals surface area contributed by atoms with E-state index in [1.807, 2.05) is 6.92 Å². The van der Waals surface area contributed by atoms with Crippen molar-refractivity contribution in [2.24, 2.45) is 0 Å². The molecule has 1 aliphatic heterocycles. The first-order chi connectivity index (χ1) is 8.84. The molecule has 0 saturated carbocycles. The monoisotopic (exact) mass is 288 g/mol. The molecule has 19 heavy (non-hydrogen) atoms. The molecule has 106 valence electrons. The Morgan fingerprint density at radius 2 is 2.26 bits per heavy atom. The van der Waals surface area contributed by atoms with Crippen molar-refractivity contribution in [1.29, 1.82) is 0 Å². The molecule has 9 heteroatoms. The van der Waals surface area contributed by atoms with Crippen molar-refractivity contribution in [3.8, 4) is 0 Å². The zero-order valence-corrected chi connectivity index (χ0v) is 11.6. The van der Waals surface area contributed by atoms with E-state index >= 15 is 0 Å². The molecular weight excluding hydrogens is 272 g/mol. The maximum absolute atomic E-state index is 11.5. The van der Waals surface area contributed by atoms with Gasteiger partial charge >= 0.3 is 5.82 Å². The summed E-state index contributed by atoms with van der Waals surface area (Å²) in [5, 5.41) is 11.0. The fourth-order valence-corrected chi connectivity index (χ4v) is 4.13. The zero-order chi connectivity index (χ0) is 14.2. The molecule has 2 heterocycles. The molecule has 1 N–H and O–H groups in total. The van der Waals surface area contributed by atoms with E-state index in [0.29, 0.717) is 18.8 Å². The van der Waals surface area contributed by atoms with Crippen LogP contribution < -0.4 is 4.90 Å². The van der Waals surface area contributed by atoms with Gasteiger partial charge in [0.1, 0.15) is 0 Å². The summed E-state index contributed by atoms with van der Waals surface area (Å²) in [5.41, 5.74) is 0. The molecule has 1 fully saturated rings. The van der Waals surface area contributed by atoms with Gasteiger partial charge in [-0.15, -0.1) is 0 Å². The van der Waals surface area contributed by atoms with Crippen LogP contribution in [0.25, 0.3) is 0 Å². The third-order valence-electron chi connectivity index (χ3n) is 3.23. The van der Waals surface area contributed by atoms with Gasteiger partial charge in [-0.1, -0.05) is 0 Å². The average Bonchev–Trinajstić information content (AvgIpc) is 2.84. The number of H-pyrrole nitrogens is 1. The number of hydrogen-bond donors (Lipinski definition) is 1. The second-order valence-electron chi connectivity index (χ2n) is 4.59. The Balaban J connectivity index is 2.35. The Morgan fingerprint density at radius 3 is 2.74 bits per heavy atom. The molecule has 1 saturated heterocycles. The van der Waals surface area contributed by atoms with E-state index in [1.165, 1.54) is 0 Å². The molecule has 1 aliphatic rings. The largest absolute Gasteiger partial charge is 0.365 e. The van der Waals surface area contributed by atoms with Crippen molar-refractivity contribution in [3.63, 3.8) is 0 Å². The number of nitrogens with zero attached hydrogens (tertiary/aromatic N) is 3. The average molecular weight is 288 g/mol. The van der Waals surface area contributed by atoms with Crippen LogP contribution in [0.2, 0.25) is 0 Å². The van der Waals surface area contributed by atoms with Gasteiger partial charge in [0.2, 0.25) is 5.82 Å². The van der Waals surface area contributed by atoms with Crippen molar-refractivity contribution in [2.45, 2.75) is 26.3 Å². The number of anilines is 1. The van der Waals surface area contributed by atoms with Gasteiger partial charge in [-0.2, -0.15) is 4.98 Å². The summed E-state index contributed by atoms with van der Waals surface area (Å²) in [7, 11) is -3.03. The minimum atomic E-state index is -3.03. The van der Waals surface area contributed by atoms with Crippen molar-refractivity contribution >= 4 is 21.5 Å². The second kappa shape index (κ2) is 4.80. The molecule has 2 rings (SSSR count). The third kappa shape index (κ3) is 2.70. The predicted octanol–water partition coefficient (Wildman–Crippen LogP) is 0.640. The number of aromatic amines is 1. The maximum atomic E-state index is 11.5. The van der Waals surface area contributed by atoms with E-state index in [-0.39, 0.29) is 29.2 Å². The topological polar surface area (TPSA) is 109 Å². The molecule has 1 aromatic heterocycles. The molecule has 0 amide bonds. The highest BCUT2D eigenvalue weighted by atomic mass is 32.2. The van der Waals surface area contributed by atoms with E-state index in [4.69, 9.17) is 0 Å². The van der Waals surface area contributed by atoms with Gasteiger partial charge < -0.3 is 15.0 Å². The molecule has 1 atom stereocenters. The van der Waals surface area contributed by atoms with Crippen LogP contribution in [0.1, 0.15) is 19.2 Å². The highest BCUT2D eigenvalue weighted by molar-refractivity contribution is 7.91. The molecule has 0 radical (unpaired) electrons. The highest BCUT2D eigenvalue weighted by Crippen LogP contribution is 2.29. The van der Waals surface area contributed by atoms with Gasteiger partial charge in [0.25, 0.3) is 0 Å². The SMILES string of the molecule is CCN(c1nc(C)[nH]c1[N+](=O)[O-])C1CCS(=O)(=O)C1. The van der Waals surface area contributed by atoms with Crippen molar-refractivity contribution < 1.29 is 13.3 Å². The first kappa shape index (κ1) is 13.8. The normalized spacial score (nSPS) is 21.5. The Labute approximate surface area is 110 Å². The Bertz CT molecular complexity index is 595. The predicted molar refractivity (Wildman–Crippen MR) is 70.1 cm³/mol. The molecule has 1 aromatic rings. The van der Waals surface area contributed by atoms with Crippen LogP contribution in [-0.4, -0.2) is 47.4 Å². The minimum Gasteiger partial charge on any atom is -0.358 e. The summed E-state index contributed by atoms with van der Waals surface area (Å²) in [4.78, 5) is 18.9. The maximum Gasteiger partial charge on any atom is 0.365 e. The minimum absolute atomic E-state index is 0.0316. The second-order valence-corrected chi connectivity index (χ2v) is 6.82. The van der Waals surface area contributed by atoms with E-state index in [0.717, 1.165) is 0 Å². The Morgan fingerprint density at radius 1 is 1.58 bits per heavy atom. The third-order valence-corrected chi connectivity index (χ3v) is 4.98. The fraction of sp³-hybridized carbons (Fsp3) is 0.700. The molecular formula is C10H16N4O4S. The summed E-state index contributed by atoms with van der Waals surface area (Å²) in [5.74, 6) is 0.659. The van der Waals surface area contributed by atoms with Crippen molar-refractivity contribution in [1.82, 2.24) is 9.97 Å². The van der Waals surface area contributed by atoms with Crippen LogP contribution in [0, 0.1) is 17.0 Å². The van der Waals surface area contributed by atoms with Gasteiger partial charge in [-0.05, 0) is 18.3 Å². The van der Waals surface area contributed by atoms with Gasteiger partial charge in [0.15, 0.2) is 15.7 Å². The van der Waals surface area contributed by atoms with E-state index < -0.39 is 14.8 Å². The lowest BCUT2D eigenvalue weighted by atomic mass is 10.2. The number of sulfone groups is 1. The first-order valence-corrected chi connectivity index (χ1v) is 7.84. The van der Waals surface area contributed by atoms with Gasteiger partial charge in [-0.3, -0.25) is 0 Å². The molecule has 0 spiro atoms. The number of nitro groups is 1. The van der Waals surface area contributed by atoms with Crippen LogP contribution >= 0.6 is 0 Å². The van der Waals surface area contributed by atoms with Gasteiger partial charge in [0, 0.05) is 19.5 Å². The van der Waals surface area contributed by atoms with Gasteiger partial charge in [0.05, 0.1) is 11.5 Å². The van der Waals surface area contributed by atoms with Crippen molar-refractivity contribution in [2.75, 3.05) is 23.0 Å². The lowest BCUT2D eigenvalue weighted by Crippen LogP contribution is -2.36. The van der Waals surface area contributed by atoms with Gasteiger partial charge in [-0.25, -0.2) is 13.4 Å². The lowest BCUT2D eigenvalue weighted by molar-refractivity contribution is -0.388. The Hall–Kier alpha value is -1.64. The summed E-state index contributed by atoms with van der Waals surface area (Å²) in [6, 6.07) is -0.239. The Kier molecular flexibility index (Phi) is 3.48. The smallest absolute Gasteiger partial charge is 0.358 e. The first-order valence-electron chi connectivity index (χ1n) is 6.02. The fourth-order valence-electron chi connectivity index (χ4n) is 2.40. The van der Waals surface area contributed by atoms with Crippen LogP contribution in [0.15, 0.2) is 0 Å². The molecule has 1 unspecified atom stereocenters. The zero-order valence-electron chi connectivity index (χ0n) is 10.8. The molecule has 0 aromatic carbocycles. The molecule has 8 nitrogen and oxygen atoms in total. The number of imidazole rings is 1. The highest BCUT2D eigenvalue weighted by Gasteiger charge is 2.35. The van der Waals surface area contributed by atoms with E-state index in [2.05, 4.69) is 9.97 Å². The number of rotatable bonds is 4. The summed E-state index contributed by atoms with van der Waals surface area (Å²) in [6.45, 7) is 3.94. The number of nitrogens with one attached hydrogen (secondary N) is 1. The van der Waals surface area contributed by atoms with Crippen LogP contribution in [-0.2, 0) is 9.84 Å². The van der Waals surface area contributed by atoms with Crippen molar-refractivity contribution in [3.05, 3.63) is 15.9 Å². The van der Waals surface area contributed by atoms with E-state index in [9.17, 15) is 18.5 Å².